The molecule has 0 bridgehead atoms. The minimum Gasteiger partial charge on any atom is -0.461 e. The van der Waals surface area contributed by atoms with E-state index < -0.39 is 5.97 Å². The Balaban J connectivity index is 2.05. The topological polar surface area (TPSA) is 67.6 Å². The van der Waals surface area contributed by atoms with Crippen LogP contribution in [0.15, 0.2) is 34.9 Å². The zero-order valence-corrected chi connectivity index (χ0v) is 11.7. The van der Waals surface area contributed by atoms with Crippen molar-refractivity contribution in [2.24, 2.45) is 0 Å². The van der Waals surface area contributed by atoms with Gasteiger partial charge in [0.2, 0.25) is 0 Å². The number of aromatic nitrogens is 1. The molecule has 1 heterocycles. The third-order valence-electron chi connectivity index (χ3n) is 2.62. The van der Waals surface area contributed by atoms with Gasteiger partial charge in [-0.25, -0.2) is 4.79 Å². The number of nitrogens with zero attached hydrogens (tertiary/aromatic N) is 2. The van der Waals surface area contributed by atoms with Crippen LogP contribution in [0.5, 0.6) is 0 Å². The van der Waals surface area contributed by atoms with Crippen LogP contribution in [0.2, 0.25) is 0 Å². The molecule has 20 heavy (non-hydrogen) atoms. The van der Waals surface area contributed by atoms with Crippen LogP contribution in [0.3, 0.4) is 0 Å². The summed E-state index contributed by atoms with van der Waals surface area (Å²) in [5.74, 6) is -0.493. The largest absolute Gasteiger partial charge is 0.461 e. The Labute approximate surface area is 117 Å². The van der Waals surface area contributed by atoms with Crippen LogP contribution in [-0.4, -0.2) is 31.7 Å². The van der Waals surface area contributed by atoms with Gasteiger partial charge in [0.1, 0.15) is 6.26 Å². The number of carbonyl (C=O) groups excluding carboxylic acids is 1. The second-order valence-corrected chi connectivity index (χ2v) is 4.32. The van der Waals surface area contributed by atoms with Crippen molar-refractivity contribution in [2.75, 3.05) is 30.9 Å². The van der Waals surface area contributed by atoms with E-state index in [0.29, 0.717) is 6.61 Å². The molecule has 0 aliphatic rings. The zero-order valence-electron chi connectivity index (χ0n) is 11.7. The molecule has 0 unspecified atom stereocenters. The predicted octanol–water partition coefficient (Wildman–Crippen LogP) is 2.66. The Hall–Kier alpha value is -2.50. The average molecular weight is 275 g/mol. The number of oxazole rings is 1. The highest BCUT2D eigenvalue weighted by atomic mass is 16.5. The first kappa shape index (κ1) is 13.9. The molecule has 0 spiro atoms. The van der Waals surface area contributed by atoms with E-state index >= 15 is 0 Å². The van der Waals surface area contributed by atoms with E-state index in [9.17, 15) is 4.79 Å². The van der Waals surface area contributed by atoms with Crippen molar-refractivity contribution in [1.29, 1.82) is 0 Å². The van der Waals surface area contributed by atoms with Gasteiger partial charge in [0, 0.05) is 25.5 Å². The molecule has 1 aromatic heterocycles. The summed E-state index contributed by atoms with van der Waals surface area (Å²) in [6, 6.07) is 8.01. The van der Waals surface area contributed by atoms with Crippen molar-refractivity contribution in [3.63, 3.8) is 0 Å². The van der Waals surface area contributed by atoms with Crippen LogP contribution < -0.4 is 10.2 Å². The maximum absolute atomic E-state index is 11.5. The van der Waals surface area contributed by atoms with Crippen molar-refractivity contribution in [2.45, 2.75) is 6.92 Å². The molecule has 0 atom stereocenters. The third kappa shape index (κ3) is 3.28. The Morgan fingerprint density at radius 2 is 2.05 bits per heavy atom. The van der Waals surface area contributed by atoms with Gasteiger partial charge in [-0.3, -0.25) is 0 Å². The van der Waals surface area contributed by atoms with Crippen LogP contribution in [0.4, 0.5) is 17.4 Å². The summed E-state index contributed by atoms with van der Waals surface area (Å²) < 4.78 is 10.0. The van der Waals surface area contributed by atoms with Crippen LogP contribution in [0.1, 0.15) is 17.4 Å². The number of hydrogen-bond acceptors (Lipinski definition) is 6. The lowest BCUT2D eigenvalue weighted by Gasteiger charge is -2.12. The molecule has 0 saturated carbocycles. The van der Waals surface area contributed by atoms with Gasteiger partial charge in [0.25, 0.3) is 6.01 Å². The van der Waals surface area contributed by atoms with Crippen LogP contribution >= 0.6 is 0 Å². The van der Waals surface area contributed by atoms with Crippen LogP contribution in [-0.2, 0) is 4.74 Å². The van der Waals surface area contributed by atoms with Gasteiger partial charge < -0.3 is 19.4 Å². The third-order valence-corrected chi connectivity index (χ3v) is 2.62. The molecule has 0 amide bonds. The first-order chi connectivity index (χ1) is 9.60. The maximum Gasteiger partial charge on any atom is 0.360 e. The van der Waals surface area contributed by atoms with Gasteiger partial charge in [0.15, 0.2) is 5.69 Å². The van der Waals surface area contributed by atoms with Crippen molar-refractivity contribution < 1.29 is 13.9 Å². The molecule has 1 N–H and O–H groups in total. The number of anilines is 3. The van der Waals surface area contributed by atoms with Crippen LogP contribution in [0.25, 0.3) is 0 Å². The van der Waals surface area contributed by atoms with Crippen molar-refractivity contribution in [3.8, 4) is 0 Å². The number of esters is 1. The highest BCUT2D eigenvalue weighted by Crippen LogP contribution is 2.19. The van der Waals surface area contributed by atoms with E-state index in [-0.39, 0.29) is 11.7 Å². The van der Waals surface area contributed by atoms with Gasteiger partial charge in [0.05, 0.1) is 6.61 Å². The standard InChI is InChI=1S/C14H17N3O3/c1-4-19-13(18)12-9-20-14(16-12)15-10-5-7-11(8-6-10)17(2)3/h5-9H,4H2,1-3H3,(H,15,16). The number of benzene rings is 1. The molecule has 0 saturated heterocycles. The second-order valence-electron chi connectivity index (χ2n) is 4.32. The fourth-order valence-corrected chi connectivity index (χ4v) is 1.60. The molecule has 0 radical (unpaired) electrons. The quantitative estimate of drug-likeness (QED) is 0.846. The summed E-state index contributed by atoms with van der Waals surface area (Å²) >= 11 is 0. The van der Waals surface area contributed by atoms with E-state index in [4.69, 9.17) is 9.15 Å². The SMILES string of the molecule is CCOC(=O)c1coc(Nc2ccc(N(C)C)cc2)n1. The molecular weight excluding hydrogens is 258 g/mol. The molecule has 2 aromatic rings. The second kappa shape index (κ2) is 6.10. The molecule has 0 aliphatic heterocycles. The molecule has 106 valence electrons. The van der Waals surface area contributed by atoms with Gasteiger partial charge in [-0.05, 0) is 31.2 Å². The lowest BCUT2D eigenvalue weighted by molar-refractivity contribution is 0.0519. The normalized spacial score (nSPS) is 10.2. The summed E-state index contributed by atoms with van der Waals surface area (Å²) in [5, 5.41) is 2.98. The molecule has 6 nitrogen and oxygen atoms in total. The smallest absolute Gasteiger partial charge is 0.360 e. The monoisotopic (exact) mass is 275 g/mol. The van der Waals surface area contributed by atoms with Crippen molar-refractivity contribution in [1.82, 2.24) is 4.98 Å². The van der Waals surface area contributed by atoms with E-state index in [2.05, 4.69) is 10.3 Å². The Morgan fingerprint density at radius 3 is 2.65 bits per heavy atom. The average Bonchev–Trinajstić information content (AvgIpc) is 2.88. The van der Waals surface area contributed by atoms with Gasteiger partial charge in [-0.2, -0.15) is 4.98 Å². The number of hydrogen-bond donors (Lipinski definition) is 1. The van der Waals surface area contributed by atoms with E-state index in [1.807, 2.05) is 43.3 Å². The summed E-state index contributed by atoms with van der Waals surface area (Å²) in [7, 11) is 3.95. The fourth-order valence-electron chi connectivity index (χ4n) is 1.60. The van der Waals surface area contributed by atoms with Crippen molar-refractivity contribution in [3.05, 3.63) is 36.2 Å². The predicted molar refractivity (Wildman–Crippen MR) is 76.5 cm³/mol. The molecule has 0 fully saturated rings. The number of carbonyl (C=O) groups is 1. The first-order valence-corrected chi connectivity index (χ1v) is 6.27. The summed E-state index contributed by atoms with van der Waals surface area (Å²) in [4.78, 5) is 17.5. The highest BCUT2D eigenvalue weighted by molar-refractivity contribution is 5.87. The lowest BCUT2D eigenvalue weighted by Crippen LogP contribution is -2.08. The summed E-state index contributed by atoms with van der Waals surface area (Å²) in [6.45, 7) is 2.05. The van der Waals surface area contributed by atoms with E-state index in [1.165, 1.54) is 6.26 Å². The van der Waals surface area contributed by atoms with Crippen molar-refractivity contribution >= 4 is 23.4 Å². The number of nitrogens with one attached hydrogen (secondary N) is 1. The minimum atomic E-state index is -0.493. The number of ether oxygens (including phenoxy) is 1. The lowest BCUT2D eigenvalue weighted by atomic mass is 10.2. The van der Waals surface area contributed by atoms with Gasteiger partial charge >= 0.3 is 5.97 Å². The number of rotatable bonds is 5. The van der Waals surface area contributed by atoms with Crippen LogP contribution in [0, 0.1) is 0 Å². The Morgan fingerprint density at radius 1 is 1.35 bits per heavy atom. The summed E-state index contributed by atoms with van der Waals surface area (Å²) in [5.41, 5.74) is 2.07. The Bertz CT molecular complexity index is 576. The molecule has 0 aliphatic carbocycles. The Kier molecular flexibility index (Phi) is 4.24. The summed E-state index contributed by atoms with van der Waals surface area (Å²) in [6.07, 6.45) is 1.27. The van der Waals surface area contributed by atoms with E-state index in [0.717, 1.165) is 11.4 Å². The molecular formula is C14H17N3O3. The van der Waals surface area contributed by atoms with Gasteiger partial charge in [-0.1, -0.05) is 0 Å². The zero-order chi connectivity index (χ0) is 14.5. The molecule has 2 rings (SSSR count). The minimum absolute atomic E-state index is 0.152. The van der Waals surface area contributed by atoms with E-state index in [1.54, 1.807) is 6.92 Å². The molecule has 6 heteroatoms. The maximum atomic E-state index is 11.5. The highest BCUT2D eigenvalue weighted by Gasteiger charge is 2.13. The van der Waals surface area contributed by atoms with Gasteiger partial charge in [-0.15, -0.1) is 0 Å². The fraction of sp³-hybridized carbons (Fsp3) is 0.286. The first-order valence-electron chi connectivity index (χ1n) is 6.27. The molecule has 1 aromatic carbocycles.